The number of nitrogens with zero attached hydrogens (tertiary/aromatic N) is 2. The Labute approximate surface area is 63.6 Å². The molecule has 1 rings (SSSR count). The van der Waals surface area contributed by atoms with Gasteiger partial charge in [0.2, 0.25) is 10.5 Å². The molecule has 0 atom stereocenters. The minimum Gasteiger partial charge on any atom is -0.479 e. The summed E-state index contributed by atoms with van der Waals surface area (Å²) >= 11 is 0. The van der Waals surface area contributed by atoms with E-state index in [9.17, 15) is 4.79 Å². The maximum Gasteiger partial charge on any atom is 0.339 e. The van der Waals surface area contributed by atoms with E-state index in [1.165, 1.54) is 0 Å². The van der Waals surface area contributed by atoms with Crippen LogP contribution < -0.4 is 4.91 Å². The maximum absolute atomic E-state index is 10.7. The van der Waals surface area contributed by atoms with Crippen LogP contribution in [-0.2, 0) is 4.79 Å². The second-order valence-electron chi connectivity index (χ2n) is 2.74. The van der Waals surface area contributed by atoms with Gasteiger partial charge in [0, 0.05) is 0 Å². The molecule has 1 fully saturated rings. The van der Waals surface area contributed by atoms with Crippen molar-refractivity contribution in [3.8, 4) is 0 Å². The number of carbonyl (C=O) groups is 1. The van der Waals surface area contributed by atoms with Gasteiger partial charge in [-0.1, -0.05) is 12.8 Å². The number of aliphatic carboxylic acids is 1. The summed E-state index contributed by atoms with van der Waals surface area (Å²) in [5, 5.41) is 12.2. The Morgan fingerprint density at radius 2 is 2.09 bits per heavy atom. The van der Waals surface area contributed by atoms with E-state index >= 15 is 0 Å². The second kappa shape index (κ2) is 2.80. The maximum atomic E-state index is 10.7. The van der Waals surface area contributed by atoms with Crippen molar-refractivity contribution in [3.63, 3.8) is 0 Å². The first-order valence-corrected chi connectivity index (χ1v) is 3.53. The Hall–Kier alpha value is -1.22. The van der Waals surface area contributed by atoms with Crippen molar-refractivity contribution in [2.45, 2.75) is 31.2 Å². The lowest BCUT2D eigenvalue weighted by atomic mass is 10.00. The average Bonchev–Trinajstić information content (AvgIpc) is 2.38. The Morgan fingerprint density at radius 3 is 2.45 bits per heavy atom. The van der Waals surface area contributed by atoms with Crippen LogP contribution in [0, 0.1) is 5.53 Å². The fourth-order valence-electron chi connectivity index (χ4n) is 1.41. The average molecular weight is 156 g/mol. The molecule has 0 radical (unpaired) electrons. The van der Waals surface area contributed by atoms with Gasteiger partial charge >= 0.3 is 5.97 Å². The normalized spacial score (nSPS) is 20.7. The minimum absolute atomic E-state index is 0.519. The Morgan fingerprint density at radius 1 is 1.55 bits per heavy atom. The van der Waals surface area contributed by atoms with Crippen molar-refractivity contribution in [2.24, 2.45) is 5.11 Å². The standard InChI is InChI=1S/C6H9N3O2/c7-9-8-6(5(10)11)3-1-2-4-6/h7H,1-4H2/p+1. The summed E-state index contributed by atoms with van der Waals surface area (Å²) in [5.41, 5.74) is 5.41. The quantitative estimate of drug-likeness (QED) is 0.460. The van der Waals surface area contributed by atoms with Crippen LogP contribution in [0.15, 0.2) is 5.11 Å². The zero-order chi connectivity index (χ0) is 8.32. The van der Waals surface area contributed by atoms with Gasteiger partial charge in [-0.05, 0) is 12.8 Å². The van der Waals surface area contributed by atoms with Crippen molar-refractivity contribution < 1.29 is 9.90 Å². The van der Waals surface area contributed by atoms with E-state index in [2.05, 4.69) is 10.0 Å². The number of nitrogens with one attached hydrogen (secondary N) is 1. The largest absolute Gasteiger partial charge is 0.479 e. The number of carboxylic acid groups (broad SMARTS) is 1. The zero-order valence-corrected chi connectivity index (χ0v) is 6.08. The van der Waals surface area contributed by atoms with Gasteiger partial charge in [0.1, 0.15) is 10.6 Å². The molecule has 0 aromatic carbocycles. The fourth-order valence-corrected chi connectivity index (χ4v) is 1.41. The molecule has 2 N–H and O–H groups in total. The molecule has 0 unspecified atom stereocenters. The van der Waals surface area contributed by atoms with E-state index in [1.54, 1.807) is 0 Å². The van der Waals surface area contributed by atoms with Gasteiger partial charge in [-0.3, -0.25) is 0 Å². The van der Waals surface area contributed by atoms with Gasteiger partial charge in [-0.15, -0.1) is 0 Å². The van der Waals surface area contributed by atoms with Crippen molar-refractivity contribution in [3.05, 3.63) is 0 Å². The van der Waals surface area contributed by atoms with E-state index in [1.807, 2.05) is 0 Å². The SMILES string of the molecule is N=[N+]=NC1(C(=O)O)CCCC1. The third-order valence-electron chi connectivity index (χ3n) is 2.07. The molecule has 0 spiro atoms. The van der Waals surface area contributed by atoms with E-state index in [0.29, 0.717) is 12.8 Å². The van der Waals surface area contributed by atoms with Crippen LogP contribution in [0.4, 0.5) is 0 Å². The summed E-state index contributed by atoms with van der Waals surface area (Å²) in [7, 11) is 0. The van der Waals surface area contributed by atoms with Crippen molar-refractivity contribution in [2.75, 3.05) is 0 Å². The van der Waals surface area contributed by atoms with Crippen LogP contribution in [0.3, 0.4) is 0 Å². The van der Waals surface area contributed by atoms with Crippen LogP contribution in [0.1, 0.15) is 25.7 Å². The molecule has 1 aliphatic rings. The molecule has 60 valence electrons. The summed E-state index contributed by atoms with van der Waals surface area (Å²) in [6.45, 7) is 0. The Balaban J connectivity index is 2.87. The number of hydrogen-bond acceptors (Lipinski definition) is 3. The molecular weight excluding hydrogens is 146 g/mol. The number of hydrogen-bond donors (Lipinski definition) is 2. The second-order valence-corrected chi connectivity index (χ2v) is 2.74. The van der Waals surface area contributed by atoms with E-state index in [4.69, 9.17) is 10.6 Å². The van der Waals surface area contributed by atoms with E-state index < -0.39 is 11.5 Å². The fraction of sp³-hybridized carbons (Fsp3) is 0.833. The molecule has 0 saturated heterocycles. The lowest BCUT2D eigenvalue weighted by Gasteiger charge is -2.08. The highest BCUT2D eigenvalue weighted by Crippen LogP contribution is 2.32. The molecular formula is C6H10N3O2+. The molecule has 5 heteroatoms. The van der Waals surface area contributed by atoms with Gasteiger partial charge in [0.05, 0.1) is 0 Å². The highest BCUT2D eigenvalue weighted by Gasteiger charge is 2.46. The molecule has 0 aromatic heterocycles. The third-order valence-corrected chi connectivity index (χ3v) is 2.07. The van der Waals surface area contributed by atoms with Crippen LogP contribution in [0.2, 0.25) is 0 Å². The molecule has 11 heavy (non-hydrogen) atoms. The molecule has 0 bridgehead atoms. The first-order valence-electron chi connectivity index (χ1n) is 3.53. The van der Waals surface area contributed by atoms with Crippen LogP contribution in [-0.4, -0.2) is 16.6 Å². The predicted octanol–water partition coefficient (Wildman–Crippen LogP) is 0.934. The van der Waals surface area contributed by atoms with Gasteiger partial charge < -0.3 is 5.11 Å². The molecule has 0 aromatic rings. The lowest BCUT2D eigenvalue weighted by Crippen LogP contribution is -2.33. The van der Waals surface area contributed by atoms with Crippen LogP contribution in [0.5, 0.6) is 0 Å². The van der Waals surface area contributed by atoms with Gasteiger partial charge in [-0.25, -0.2) is 4.79 Å². The summed E-state index contributed by atoms with van der Waals surface area (Å²) in [5.74, 6) is -0.953. The van der Waals surface area contributed by atoms with Crippen LogP contribution in [0.25, 0.3) is 0 Å². The number of carboxylic acids is 1. The highest BCUT2D eigenvalue weighted by atomic mass is 16.4. The topological polar surface area (TPSA) is 87.6 Å². The summed E-state index contributed by atoms with van der Waals surface area (Å²) < 4.78 is 0. The Bertz CT molecular complexity index is 210. The third kappa shape index (κ3) is 1.28. The first-order chi connectivity index (χ1) is 5.21. The summed E-state index contributed by atoms with van der Waals surface area (Å²) in [6, 6.07) is 0. The first kappa shape index (κ1) is 7.88. The van der Waals surface area contributed by atoms with Gasteiger partial charge in [0.25, 0.3) is 0 Å². The van der Waals surface area contributed by atoms with E-state index in [0.717, 1.165) is 12.8 Å². The van der Waals surface area contributed by atoms with Gasteiger partial charge in [-0.2, -0.15) is 0 Å². The monoisotopic (exact) mass is 156 g/mol. The van der Waals surface area contributed by atoms with Crippen LogP contribution >= 0.6 is 0 Å². The minimum atomic E-state index is -1.07. The highest BCUT2D eigenvalue weighted by molar-refractivity contribution is 5.79. The molecule has 0 aliphatic heterocycles. The number of rotatable bonds is 2. The smallest absolute Gasteiger partial charge is 0.339 e. The van der Waals surface area contributed by atoms with Gasteiger partial charge in [0.15, 0.2) is 0 Å². The molecule has 0 amide bonds. The molecule has 0 heterocycles. The Kier molecular flexibility index (Phi) is 2.01. The molecule has 1 saturated carbocycles. The van der Waals surface area contributed by atoms with Crippen molar-refractivity contribution in [1.82, 2.24) is 4.91 Å². The zero-order valence-electron chi connectivity index (χ0n) is 6.08. The van der Waals surface area contributed by atoms with Crippen molar-refractivity contribution in [1.29, 1.82) is 5.53 Å². The predicted molar refractivity (Wildman–Crippen MR) is 36.1 cm³/mol. The van der Waals surface area contributed by atoms with Crippen molar-refractivity contribution >= 4 is 5.97 Å². The molecule has 1 aliphatic carbocycles. The molecule has 5 nitrogen and oxygen atoms in total. The summed E-state index contributed by atoms with van der Waals surface area (Å²) in [4.78, 5) is 13.5. The summed E-state index contributed by atoms with van der Waals surface area (Å²) in [6.07, 6.45) is 2.77. The van der Waals surface area contributed by atoms with E-state index in [-0.39, 0.29) is 0 Å². The lowest BCUT2D eigenvalue weighted by molar-refractivity contribution is -0.143.